The molecule has 0 saturated heterocycles. The first kappa shape index (κ1) is 11.8. The molecule has 0 spiro atoms. The van der Waals surface area contributed by atoms with Crippen molar-refractivity contribution in [1.29, 1.82) is 0 Å². The molecular weight excluding hydrogens is 212 g/mol. The Morgan fingerprint density at radius 1 is 1.41 bits per heavy atom. The molecule has 1 unspecified atom stereocenters. The van der Waals surface area contributed by atoms with E-state index in [2.05, 4.69) is 22.3 Å². The largest absolute Gasteiger partial charge is 0.309 e. The molecule has 4 nitrogen and oxygen atoms in total. The van der Waals surface area contributed by atoms with Crippen LogP contribution in [0.3, 0.4) is 0 Å². The van der Waals surface area contributed by atoms with E-state index in [9.17, 15) is 0 Å². The first-order valence-electron chi connectivity index (χ1n) is 5.87. The SMILES string of the molecule is CC(NCCc1cnn(C)c1)c1ccccn1. The first-order valence-corrected chi connectivity index (χ1v) is 5.87. The van der Waals surface area contributed by atoms with Crippen LogP contribution in [0.25, 0.3) is 0 Å². The minimum absolute atomic E-state index is 0.285. The number of hydrogen-bond donors (Lipinski definition) is 1. The van der Waals surface area contributed by atoms with E-state index in [1.165, 1.54) is 5.56 Å². The normalized spacial score (nSPS) is 12.6. The lowest BCUT2D eigenvalue weighted by atomic mass is 10.2. The molecule has 0 fully saturated rings. The molecule has 0 aliphatic heterocycles. The van der Waals surface area contributed by atoms with E-state index in [1.807, 2.05) is 48.5 Å². The van der Waals surface area contributed by atoms with Gasteiger partial charge in [-0.25, -0.2) is 0 Å². The van der Waals surface area contributed by atoms with Crippen molar-refractivity contribution in [2.24, 2.45) is 7.05 Å². The second-order valence-corrected chi connectivity index (χ2v) is 4.20. The van der Waals surface area contributed by atoms with Crippen LogP contribution in [0.1, 0.15) is 24.2 Å². The van der Waals surface area contributed by atoms with E-state index < -0.39 is 0 Å². The predicted octanol–water partition coefficient (Wildman–Crippen LogP) is 1.71. The fourth-order valence-corrected chi connectivity index (χ4v) is 1.77. The van der Waals surface area contributed by atoms with Gasteiger partial charge in [-0.2, -0.15) is 5.10 Å². The van der Waals surface area contributed by atoms with Gasteiger partial charge in [0.2, 0.25) is 0 Å². The minimum atomic E-state index is 0.285. The number of hydrogen-bond acceptors (Lipinski definition) is 3. The van der Waals surface area contributed by atoms with Gasteiger partial charge in [-0.05, 0) is 37.6 Å². The van der Waals surface area contributed by atoms with Gasteiger partial charge in [0, 0.05) is 25.5 Å². The zero-order chi connectivity index (χ0) is 12.1. The van der Waals surface area contributed by atoms with Gasteiger partial charge in [0.15, 0.2) is 0 Å². The molecule has 2 rings (SSSR count). The topological polar surface area (TPSA) is 42.7 Å². The van der Waals surface area contributed by atoms with Crippen LogP contribution in [0.15, 0.2) is 36.8 Å². The lowest BCUT2D eigenvalue weighted by Gasteiger charge is -2.12. The third kappa shape index (κ3) is 3.39. The van der Waals surface area contributed by atoms with Gasteiger partial charge in [-0.1, -0.05) is 6.07 Å². The summed E-state index contributed by atoms with van der Waals surface area (Å²) in [6, 6.07) is 6.28. The lowest BCUT2D eigenvalue weighted by Crippen LogP contribution is -2.21. The second-order valence-electron chi connectivity index (χ2n) is 4.20. The summed E-state index contributed by atoms with van der Waals surface area (Å²) in [4.78, 5) is 4.33. The molecule has 0 amide bonds. The summed E-state index contributed by atoms with van der Waals surface area (Å²) < 4.78 is 1.83. The van der Waals surface area contributed by atoms with Crippen LogP contribution in [0, 0.1) is 0 Å². The van der Waals surface area contributed by atoms with E-state index in [-0.39, 0.29) is 6.04 Å². The highest BCUT2D eigenvalue weighted by Gasteiger charge is 2.05. The summed E-state index contributed by atoms with van der Waals surface area (Å²) in [5.41, 5.74) is 2.34. The summed E-state index contributed by atoms with van der Waals surface area (Å²) in [5, 5.41) is 7.61. The van der Waals surface area contributed by atoms with E-state index in [1.54, 1.807) is 0 Å². The molecule has 1 atom stereocenters. The molecule has 2 aromatic heterocycles. The Balaban J connectivity index is 1.79. The zero-order valence-corrected chi connectivity index (χ0v) is 10.3. The molecule has 0 bridgehead atoms. The maximum Gasteiger partial charge on any atom is 0.0570 e. The molecule has 0 aromatic carbocycles. The van der Waals surface area contributed by atoms with Crippen LogP contribution in [0.4, 0.5) is 0 Å². The number of aryl methyl sites for hydroxylation is 1. The smallest absolute Gasteiger partial charge is 0.0570 e. The van der Waals surface area contributed by atoms with Crippen LogP contribution in [0.5, 0.6) is 0 Å². The van der Waals surface area contributed by atoms with Crippen molar-refractivity contribution < 1.29 is 0 Å². The Hall–Kier alpha value is -1.68. The highest BCUT2D eigenvalue weighted by atomic mass is 15.2. The molecule has 0 aliphatic rings. The lowest BCUT2D eigenvalue weighted by molar-refractivity contribution is 0.564. The molecular formula is C13H18N4. The van der Waals surface area contributed by atoms with Gasteiger partial charge in [-0.3, -0.25) is 9.67 Å². The predicted molar refractivity (Wildman–Crippen MR) is 67.6 cm³/mol. The van der Waals surface area contributed by atoms with Crippen LogP contribution >= 0.6 is 0 Å². The monoisotopic (exact) mass is 230 g/mol. The van der Waals surface area contributed by atoms with E-state index in [0.29, 0.717) is 0 Å². The Morgan fingerprint density at radius 3 is 2.94 bits per heavy atom. The number of nitrogens with zero attached hydrogens (tertiary/aromatic N) is 3. The summed E-state index contributed by atoms with van der Waals surface area (Å²) >= 11 is 0. The third-order valence-electron chi connectivity index (χ3n) is 2.75. The highest BCUT2D eigenvalue weighted by molar-refractivity contribution is 5.08. The second kappa shape index (κ2) is 5.59. The molecule has 2 aromatic rings. The van der Waals surface area contributed by atoms with Crippen LogP contribution in [0.2, 0.25) is 0 Å². The number of nitrogens with one attached hydrogen (secondary N) is 1. The molecule has 17 heavy (non-hydrogen) atoms. The van der Waals surface area contributed by atoms with Crippen molar-refractivity contribution >= 4 is 0 Å². The zero-order valence-electron chi connectivity index (χ0n) is 10.3. The van der Waals surface area contributed by atoms with Gasteiger partial charge in [0.25, 0.3) is 0 Å². The Kier molecular flexibility index (Phi) is 3.88. The molecule has 4 heteroatoms. The van der Waals surface area contributed by atoms with E-state index in [0.717, 1.165) is 18.7 Å². The number of aromatic nitrogens is 3. The number of pyridine rings is 1. The third-order valence-corrected chi connectivity index (χ3v) is 2.75. The van der Waals surface area contributed by atoms with Crippen LogP contribution in [-0.4, -0.2) is 21.3 Å². The maximum absolute atomic E-state index is 4.33. The van der Waals surface area contributed by atoms with Gasteiger partial charge in [0.05, 0.1) is 11.9 Å². The molecule has 90 valence electrons. The Bertz CT molecular complexity index is 449. The molecule has 0 aliphatic carbocycles. The standard InChI is InChI=1S/C13H18N4/c1-11(13-5-3-4-7-15-13)14-8-6-12-9-16-17(2)10-12/h3-5,7,9-11,14H,6,8H2,1-2H3. The highest BCUT2D eigenvalue weighted by Crippen LogP contribution is 2.07. The van der Waals surface area contributed by atoms with Gasteiger partial charge < -0.3 is 5.32 Å². The minimum Gasteiger partial charge on any atom is -0.309 e. The van der Waals surface area contributed by atoms with Gasteiger partial charge >= 0.3 is 0 Å². The van der Waals surface area contributed by atoms with Crippen molar-refractivity contribution in [3.8, 4) is 0 Å². The fourth-order valence-electron chi connectivity index (χ4n) is 1.77. The quantitative estimate of drug-likeness (QED) is 0.850. The fraction of sp³-hybridized carbons (Fsp3) is 0.385. The van der Waals surface area contributed by atoms with Crippen LogP contribution in [-0.2, 0) is 13.5 Å². The van der Waals surface area contributed by atoms with Crippen molar-refractivity contribution in [3.05, 3.63) is 48.0 Å². The Labute approximate surface area is 102 Å². The Morgan fingerprint density at radius 2 is 2.29 bits per heavy atom. The van der Waals surface area contributed by atoms with Crippen molar-refractivity contribution in [3.63, 3.8) is 0 Å². The van der Waals surface area contributed by atoms with Crippen molar-refractivity contribution in [2.75, 3.05) is 6.54 Å². The molecule has 2 heterocycles. The summed E-state index contributed by atoms with van der Waals surface area (Å²) in [5.74, 6) is 0. The van der Waals surface area contributed by atoms with Crippen molar-refractivity contribution in [1.82, 2.24) is 20.1 Å². The maximum atomic E-state index is 4.33. The molecule has 1 N–H and O–H groups in total. The van der Waals surface area contributed by atoms with Crippen LogP contribution < -0.4 is 5.32 Å². The number of rotatable bonds is 5. The first-order chi connectivity index (χ1) is 8.25. The van der Waals surface area contributed by atoms with E-state index in [4.69, 9.17) is 0 Å². The summed E-state index contributed by atoms with van der Waals surface area (Å²) in [7, 11) is 1.94. The average molecular weight is 230 g/mol. The summed E-state index contributed by atoms with van der Waals surface area (Å²) in [6.45, 7) is 3.06. The average Bonchev–Trinajstić information content (AvgIpc) is 2.76. The van der Waals surface area contributed by atoms with Crippen molar-refractivity contribution in [2.45, 2.75) is 19.4 Å². The summed E-state index contributed by atoms with van der Waals surface area (Å²) in [6.07, 6.45) is 6.78. The van der Waals surface area contributed by atoms with Gasteiger partial charge in [0.1, 0.15) is 0 Å². The molecule has 0 saturated carbocycles. The van der Waals surface area contributed by atoms with Gasteiger partial charge in [-0.15, -0.1) is 0 Å². The molecule has 0 radical (unpaired) electrons. The van der Waals surface area contributed by atoms with E-state index >= 15 is 0 Å².